The Balaban J connectivity index is 2.04. The Morgan fingerprint density at radius 3 is 2.95 bits per heavy atom. The molecule has 0 radical (unpaired) electrons. The van der Waals surface area contributed by atoms with Crippen LogP contribution >= 0.6 is 0 Å². The largest absolute Gasteiger partial charge is 0.367 e. The van der Waals surface area contributed by atoms with Crippen LogP contribution in [0.15, 0.2) is 4.52 Å². The van der Waals surface area contributed by atoms with Crippen molar-refractivity contribution in [3.05, 3.63) is 11.7 Å². The quantitative estimate of drug-likeness (QED) is 0.872. The summed E-state index contributed by atoms with van der Waals surface area (Å²) >= 11 is 0. The summed E-state index contributed by atoms with van der Waals surface area (Å²) in [6.07, 6.45) is 0.887. The highest BCUT2D eigenvalue weighted by atomic mass is 16.5. The molecule has 2 rings (SSSR count). The van der Waals surface area contributed by atoms with Crippen molar-refractivity contribution in [1.82, 2.24) is 15.0 Å². The van der Waals surface area contributed by atoms with Crippen molar-refractivity contribution in [2.24, 2.45) is 11.7 Å². The van der Waals surface area contributed by atoms with Crippen LogP contribution in [0.25, 0.3) is 0 Å². The lowest BCUT2D eigenvalue weighted by molar-refractivity contribution is -0.0334. The van der Waals surface area contributed by atoms with E-state index in [9.17, 15) is 0 Å². The van der Waals surface area contributed by atoms with Crippen molar-refractivity contribution >= 4 is 0 Å². The van der Waals surface area contributed by atoms with Crippen LogP contribution in [-0.4, -0.2) is 41.3 Å². The molecule has 3 atom stereocenters. The molecule has 0 saturated carbocycles. The molecule has 1 aromatic heterocycles. The van der Waals surface area contributed by atoms with Gasteiger partial charge < -0.3 is 15.0 Å². The van der Waals surface area contributed by atoms with Gasteiger partial charge in [-0.25, -0.2) is 0 Å². The number of rotatable bonds is 5. The zero-order chi connectivity index (χ0) is 13.8. The van der Waals surface area contributed by atoms with Gasteiger partial charge in [0.15, 0.2) is 0 Å². The standard InChI is InChI=1S/C13H24N4O2/c1-4-9(3)11(14)13-15-12(16-19-13)10-8-17(5-2)6-7-18-10/h9-11H,4-8,14H2,1-3H3/t9-,10?,11-/m0/s1. The minimum absolute atomic E-state index is 0.102. The molecule has 1 aliphatic heterocycles. The predicted octanol–water partition coefficient (Wildman–Crippen LogP) is 1.51. The first kappa shape index (κ1) is 14.4. The van der Waals surface area contributed by atoms with Crippen LogP contribution in [0.1, 0.15) is 51.1 Å². The van der Waals surface area contributed by atoms with E-state index in [1.807, 2.05) is 0 Å². The zero-order valence-corrected chi connectivity index (χ0v) is 12.0. The second-order valence-electron chi connectivity index (χ2n) is 5.15. The van der Waals surface area contributed by atoms with E-state index in [1.54, 1.807) is 0 Å². The maximum atomic E-state index is 6.10. The van der Waals surface area contributed by atoms with E-state index in [0.717, 1.165) is 26.1 Å². The van der Waals surface area contributed by atoms with Gasteiger partial charge in [-0.3, -0.25) is 4.90 Å². The minimum Gasteiger partial charge on any atom is -0.367 e. The van der Waals surface area contributed by atoms with Crippen molar-refractivity contribution in [2.45, 2.75) is 39.3 Å². The van der Waals surface area contributed by atoms with Crippen molar-refractivity contribution < 1.29 is 9.26 Å². The van der Waals surface area contributed by atoms with E-state index in [-0.39, 0.29) is 12.1 Å². The molecule has 108 valence electrons. The SMILES string of the molecule is CC[C@H](C)[C@H](N)c1nc(C2CN(CC)CCO2)no1. The van der Waals surface area contributed by atoms with Gasteiger partial charge in [0.05, 0.1) is 12.6 Å². The summed E-state index contributed by atoms with van der Waals surface area (Å²) in [6, 6.07) is -0.197. The van der Waals surface area contributed by atoms with Gasteiger partial charge in [0.2, 0.25) is 11.7 Å². The smallest absolute Gasteiger partial charge is 0.243 e. The molecule has 2 heterocycles. The molecule has 0 aromatic carbocycles. The number of morpholine rings is 1. The van der Waals surface area contributed by atoms with Gasteiger partial charge in [-0.1, -0.05) is 32.3 Å². The molecule has 0 amide bonds. The van der Waals surface area contributed by atoms with Crippen LogP contribution in [0.3, 0.4) is 0 Å². The van der Waals surface area contributed by atoms with Gasteiger partial charge in [0, 0.05) is 13.1 Å². The topological polar surface area (TPSA) is 77.4 Å². The normalized spacial score (nSPS) is 24.3. The molecule has 6 nitrogen and oxygen atoms in total. The molecule has 0 spiro atoms. The summed E-state index contributed by atoms with van der Waals surface area (Å²) in [4.78, 5) is 6.74. The molecular formula is C13H24N4O2. The van der Waals surface area contributed by atoms with Crippen LogP contribution in [0.4, 0.5) is 0 Å². The first-order valence-corrected chi connectivity index (χ1v) is 7.08. The number of hydrogen-bond acceptors (Lipinski definition) is 6. The van der Waals surface area contributed by atoms with E-state index in [2.05, 4.69) is 35.8 Å². The minimum atomic E-state index is -0.197. The van der Waals surface area contributed by atoms with Crippen LogP contribution < -0.4 is 5.73 Å². The van der Waals surface area contributed by atoms with Gasteiger partial charge in [0.1, 0.15) is 6.10 Å². The molecular weight excluding hydrogens is 244 g/mol. The summed E-state index contributed by atoms with van der Waals surface area (Å²) in [6.45, 7) is 9.83. The molecule has 1 saturated heterocycles. The predicted molar refractivity (Wildman–Crippen MR) is 71.5 cm³/mol. The Morgan fingerprint density at radius 1 is 1.47 bits per heavy atom. The van der Waals surface area contributed by atoms with Gasteiger partial charge in [-0.05, 0) is 12.5 Å². The summed E-state index contributed by atoms with van der Waals surface area (Å²) in [5.41, 5.74) is 6.10. The fourth-order valence-electron chi connectivity index (χ4n) is 2.16. The lowest BCUT2D eigenvalue weighted by Crippen LogP contribution is -2.38. The highest BCUT2D eigenvalue weighted by Gasteiger charge is 2.27. The first-order chi connectivity index (χ1) is 9.15. The fourth-order valence-corrected chi connectivity index (χ4v) is 2.16. The number of ether oxygens (including phenoxy) is 1. The average molecular weight is 268 g/mol. The lowest BCUT2D eigenvalue weighted by atomic mass is 10.0. The van der Waals surface area contributed by atoms with Gasteiger partial charge >= 0.3 is 0 Å². The Labute approximate surface area is 114 Å². The molecule has 1 unspecified atom stereocenters. The Bertz CT molecular complexity index is 396. The summed E-state index contributed by atoms with van der Waals surface area (Å²) in [7, 11) is 0. The average Bonchev–Trinajstić information content (AvgIpc) is 2.95. The van der Waals surface area contributed by atoms with Crippen LogP contribution in [-0.2, 0) is 4.74 Å². The monoisotopic (exact) mass is 268 g/mol. The summed E-state index contributed by atoms with van der Waals surface area (Å²) in [5, 5.41) is 4.03. The summed E-state index contributed by atoms with van der Waals surface area (Å²) in [5.74, 6) is 1.46. The molecule has 1 aliphatic rings. The maximum Gasteiger partial charge on any atom is 0.243 e. The van der Waals surface area contributed by atoms with Crippen molar-refractivity contribution in [1.29, 1.82) is 0 Å². The van der Waals surface area contributed by atoms with E-state index >= 15 is 0 Å². The number of aromatic nitrogens is 2. The fraction of sp³-hybridized carbons (Fsp3) is 0.846. The van der Waals surface area contributed by atoms with E-state index < -0.39 is 0 Å². The molecule has 0 aliphatic carbocycles. The highest BCUT2D eigenvalue weighted by molar-refractivity contribution is 4.98. The molecule has 0 bridgehead atoms. The lowest BCUT2D eigenvalue weighted by Gasteiger charge is -2.30. The first-order valence-electron chi connectivity index (χ1n) is 7.08. The number of nitrogens with two attached hydrogens (primary N) is 1. The molecule has 19 heavy (non-hydrogen) atoms. The number of hydrogen-bond donors (Lipinski definition) is 1. The van der Waals surface area contributed by atoms with Crippen LogP contribution in [0.5, 0.6) is 0 Å². The van der Waals surface area contributed by atoms with E-state index in [4.69, 9.17) is 15.0 Å². The van der Waals surface area contributed by atoms with Gasteiger partial charge in [-0.2, -0.15) is 4.98 Å². The molecule has 6 heteroatoms. The third-order valence-corrected chi connectivity index (χ3v) is 3.89. The number of likely N-dealkylation sites (N-methyl/N-ethyl adjacent to an activating group) is 1. The Morgan fingerprint density at radius 2 is 2.26 bits per heavy atom. The summed E-state index contributed by atoms with van der Waals surface area (Å²) < 4.78 is 11.0. The Hall–Kier alpha value is -0.980. The van der Waals surface area contributed by atoms with Crippen LogP contribution in [0.2, 0.25) is 0 Å². The Kier molecular flexibility index (Phi) is 4.90. The third kappa shape index (κ3) is 3.32. The molecule has 1 fully saturated rings. The van der Waals surface area contributed by atoms with E-state index in [0.29, 0.717) is 24.2 Å². The third-order valence-electron chi connectivity index (χ3n) is 3.89. The second-order valence-corrected chi connectivity index (χ2v) is 5.15. The van der Waals surface area contributed by atoms with Gasteiger partial charge in [-0.15, -0.1) is 0 Å². The van der Waals surface area contributed by atoms with Crippen molar-refractivity contribution in [3.63, 3.8) is 0 Å². The second kappa shape index (κ2) is 6.45. The molecule has 2 N–H and O–H groups in total. The number of nitrogens with zero attached hydrogens (tertiary/aromatic N) is 3. The van der Waals surface area contributed by atoms with Gasteiger partial charge in [0.25, 0.3) is 0 Å². The van der Waals surface area contributed by atoms with E-state index in [1.165, 1.54) is 0 Å². The molecule has 1 aromatic rings. The van der Waals surface area contributed by atoms with Crippen molar-refractivity contribution in [3.8, 4) is 0 Å². The van der Waals surface area contributed by atoms with Crippen molar-refractivity contribution in [2.75, 3.05) is 26.2 Å². The van der Waals surface area contributed by atoms with Crippen LogP contribution in [0, 0.1) is 5.92 Å². The highest BCUT2D eigenvalue weighted by Crippen LogP contribution is 2.24. The maximum absolute atomic E-state index is 6.10. The zero-order valence-electron chi connectivity index (χ0n) is 12.0.